The van der Waals surface area contributed by atoms with Gasteiger partial charge in [-0.3, -0.25) is 29.8 Å². The Hall–Kier alpha value is -9.04. The number of para-hydroxylation sites is 4. The number of imidazole rings is 2. The second-order valence-electron chi connectivity index (χ2n) is 17.4. The van der Waals surface area contributed by atoms with Gasteiger partial charge in [0.25, 0.3) is 22.9 Å². The third-order valence-corrected chi connectivity index (χ3v) is 13.0. The second kappa shape index (κ2) is 18.2. The summed E-state index contributed by atoms with van der Waals surface area (Å²) in [4.78, 5) is 61.7. The Morgan fingerprint density at radius 2 is 0.871 bits per heavy atom. The molecule has 6 heterocycles. The predicted octanol–water partition coefficient (Wildman–Crippen LogP) is 9.75. The molecule has 0 fully saturated rings. The highest BCUT2D eigenvalue weighted by Gasteiger charge is 2.23. The molecule has 70 heavy (non-hydrogen) atoms. The Kier molecular flexibility index (Phi) is 11.3. The van der Waals surface area contributed by atoms with Crippen LogP contribution < -0.4 is 21.8 Å². The van der Waals surface area contributed by atoms with Crippen LogP contribution in [0, 0.1) is 0 Å². The molecule has 0 aliphatic carbocycles. The molecule has 0 unspecified atom stereocenters. The van der Waals surface area contributed by atoms with E-state index in [1.165, 1.54) is 9.36 Å². The monoisotopic (exact) mass is 922 g/mol. The minimum absolute atomic E-state index is 0.178. The topological polar surface area (TPSA) is 164 Å². The summed E-state index contributed by atoms with van der Waals surface area (Å²) in [5.41, 5.74) is 11.2. The first-order valence-corrected chi connectivity index (χ1v) is 23.3. The molecule has 14 heteroatoms. The van der Waals surface area contributed by atoms with Gasteiger partial charge in [0, 0.05) is 34.4 Å². The molecule has 0 saturated heterocycles. The van der Waals surface area contributed by atoms with Crippen LogP contribution >= 0.6 is 0 Å². The highest BCUT2D eigenvalue weighted by molar-refractivity contribution is 6.05. The fourth-order valence-corrected chi connectivity index (χ4v) is 9.51. The minimum atomic E-state index is -0.298. The normalized spacial score (nSPS) is 15.1. The third-order valence-electron chi connectivity index (χ3n) is 13.0. The van der Waals surface area contributed by atoms with Crippen molar-refractivity contribution in [2.24, 2.45) is 0 Å². The molecule has 0 saturated carbocycles. The molecule has 0 spiro atoms. The Labute approximate surface area is 401 Å². The highest BCUT2D eigenvalue weighted by Crippen LogP contribution is 2.29. The molecule has 10 aromatic rings. The van der Waals surface area contributed by atoms with Crippen LogP contribution in [-0.4, -0.2) is 50.5 Å². The van der Waals surface area contributed by atoms with Gasteiger partial charge in [-0.15, -0.1) is 0 Å². The van der Waals surface area contributed by atoms with Gasteiger partial charge in [0.1, 0.15) is 0 Å². The van der Waals surface area contributed by atoms with Gasteiger partial charge in [0.05, 0.1) is 58.6 Å². The Bertz CT molecular complexity index is 3540. The molecular formula is C56H46N10O4. The summed E-state index contributed by atoms with van der Waals surface area (Å²) in [7, 11) is 0. The van der Waals surface area contributed by atoms with Crippen molar-refractivity contribution in [2.75, 3.05) is 10.6 Å². The number of nitrogens with one attached hydrogen (secondary N) is 2. The van der Waals surface area contributed by atoms with Crippen LogP contribution in [0.2, 0.25) is 0 Å². The van der Waals surface area contributed by atoms with Crippen LogP contribution in [0.4, 0.5) is 11.9 Å². The van der Waals surface area contributed by atoms with Crippen LogP contribution in [0.3, 0.4) is 0 Å². The Balaban J connectivity index is 0.000000152. The molecule has 4 aromatic heterocycles. The van der Waals surface area contributed by atoms with Crippen molar-refractivity contribution < 1.29 is 9.59 Å². The molecule has 2 amide bonds. The lowest BCUT2D eigenvalue weighted by molar-refractivity contribution is 0.101. The van der Waals surface area contributed by atoms with E-state index in [1.807, 2.05) is 144 Å². The van der Waals surface area contributed by atoms with Crippen molar-refractivity contribution in [3.63, 3.8) is 0 Å². The van der Waals surface area contributed by atoms with Crippen molar-refractivity contribution in [2.45, 2.75) is 51.9 Å². The maximum absolute atomic E-state index is 13.3. The number of benzene rings is 6. The van der Waals surface area contributed by atoms with E-state index in [0.717, 1.165) is 66.8 Å². The zero-order valence-electron chi connectivity index (χ0n) is 38.4. The SMILES string of the molecule is CC[C@@H]1c2cccc(c2)C(=O)Nc2nc3ccccc3n2Cc2cccc(c2)-c2ccc(=O)n1n2.CC[C@H]1c2cccc(c2)C(=O)Nc2nc3ccccc3n2Cc2cccc(c2)-c2ccc(=O)n1n2. The second-order valence-corrected chi connectivity index (χ2v) is 17.4. The van der Waals surface area contributed by atoms with Gasteiger partial charge in [0.2, 0.25) is 11.9 Å². The van der Waals surface area contributed by atoms with Crippen LogP contribution in [0.25, 0.3) is 44.6 Å². The standard InChI is InChI=1S/2C28H23N5O2/c2*1-2-24-20-9-6-10-21(16-20)27(35)30-28-29-23-11-3-4-12-25(23)32(28)17-18-7-5-8-19(15-18)22-13-14-26(34)33(24)31-22/h2*3-16,24H,2,17H2,1H3,(H,29,30,35)/t2*24-/m10/s1. The van der Waals surface area contributed by atoms with E-state index in [1.54, 1.807) is 36.4 Å². The number of hydrogen-bond acceptors (Lipinski definition) is 8. The van der Waals surface area contributed by atoms with Crippen LogP contribution in [-0.2, 0) is 13.1 Å². The number of fused-ring (bicyclic) bond motifs is 20. The number of amides is 2. The van der Waals surface area contributed by atoms with Crippen LogP contribution in [0.5, 0.6) is 0 Å². The molecule has 2 aliphatic heterocycles. The highest BCUT2D eigenvalue weighted by atomic mass is 16.2. The first-order chi connectivity index (χ1) is 34.2. The van der Waals surface area contributed by atoms with Gasteiger partial charge in [-0.05, 0) is 108 Å². The van der Waals surface area contributed by atoms with Gasteiger partial charge in [-0.25, -0.2) is 19.3 Å². The Morgan fingerprint density at radius 1 is 0.457 bits per heavy atom. The first-order valence-electron chi connectivity index (χ1n) is 23.3. The third kappa shape index (κ3) is 8.25. The summed E-state index contributed by atoms with van der Waals surface area (Å²) in [6.07, 6.45) is 1.30. The lowest BCUT2D eigenvalue weighted by Gasteiger charge is -2.19. The fourth-order valence-electron chi connectivity index (χ4n) is 9.51. The summed E-state index contributed by atoms with van der Waals surface area (Å²) in [6, 6.07) is 52.7. The van der Waals surface area contributed by atoms with E-state index in [9.17, 15) is 19.2 Å². The number of carbonyl (C=O) groups excluding carboxylic acids is 2. The van der Waals surface area contributed by atoms with E-state index in [2.05, 4.69) is 22.8 Å². The zero-order chi connectivity index (χ0) is 47.9. The summed E-state index contributed by atoms with van der Waals surface area (Å²) >= 11 is 0. The van der Waals surface area contributed by atoms with Crippen LogP contribution in [0.15, 0.2) is 179 Å². The van der Waals surface area contributed by atoms with Crippen molar-refractivity contribution in [1.29, 1.82) is 0 Å². The molecule has 2 N–H and O–H groups in total. The molecule has 0 radical (unpaired) electrons. The van der Waals surface area contributed by atoms with E-state index in [4.69, 9.17) is 20.2 Å². The predicted molar refractivity (Wildman–Crippen MR) is 271 cm³/mol. The number of rotatable bonds is 2. The first kappa shape index (κ1) is 43.5. The average Bonchev–Trinajstić information content (AvgIpc) is 3.91. The number of carbonyl (C=O) groups is 2. The van der Waals surface area contributed by atoms with Crippen molar-refractivity contribution in [3.8, 4) is 22.5 Å². The van der Waals surface area contributed by atoms with Gasteiger partial charge >= 0.3 is 0 Å². The molecule has 344 valence electrons. The molecular weight excluding hydrogens is 877 g/mol. The largest absolute Gasteiger partial charge is 0.305 e. The number of aromatic nitrogens is 8. The number of anilines is 2. The van der Waals surface area contributed by atoms with E-state index >= 15 is 0 Å². The lowest BCUT2D eigenvalue weighted by atomic mass is 10.0. The smallest absolute Gasteiger partial charge is 0.267 e. The molecule has 12 bridgehead atoms. The Morgan fingerprint density at radius 3 is 1.31 bits per heavy atom. The van der Waals surface area contributed by atoms with Crippen molar-refractivity contribution >= 4 is 45.8 Å². The van der Waals surface area contributed by atoms with E-state index in [-0.39, 0.29) is 35.0 Å². The summed E-state index contributed by atoms with van der Waals surface area (Å²) in [5, 5.41) is 15.5. The summed E-state index contributed by atoms with van der Waals surface area (Å²) < 4.78 is 7.08. The van der Waals surface area contributed by atoms with Gasteiger partial charge in [0.15, 0.2) is 0 Å². The van der Waals surface area contributed by atoms with Crippen molar-refractivity contribution in [1.82, 2.24) is 38.7 Å². The maximum Gasteiger partial charge on any atom is 0.267 e. The molecule has 6 aromatic carbocycles. The van der Waals surface area contributed by atoms with Crippen molar-refractivity contribution in [3.05, 3.63) is 224 Å². The minimum Gasteiger partial charge on any atom is -0.305 e. The summed E-state index contributed by atoms with van der Waals surface area (Å²) in [6.45, 7) is 5.05. The molecule has 2 atom stereocenters. The fraction of sp³-hybridized carbons (Fsp3) is 0.143. The van der Waals surface area contributed by atoms with Gasteiger partial charge < -0.3 is 9.13 Å². The number of hydrogen-bond donors (Lipinski definition) is 2. The quantitative estimate of drug-likeness (QED) is 0.173. The lowest BCUT2D eigenvalue weighted by Crippen LogP contribution is -2.27. The zero-order valence-corrected chi connectivity index (χ0v) is 38.4. The van der Waals surface area contributed by atoms with Gasteiger partial charge in [-0.2, -0.15) is 10.2 Å². The number of nitrogens with zero attached hydrogens (tertiary/aromatic N) is 8. The molecule has 12 rings (SSSR count). The molecule has 14 nitrogen and oxygen atoms in total. The van der Waals surface area contributed by atoms with E-state index in [0.29, 0.717) is 49.0 Å². The molecule has 2 aliphatic rings. The van der Waals surface area contributed by atoms with E-state index < -0.39 is 0 Å². The maximum atomic E-state index is 13.3. The van der Waals surface area contributed by atoms with Gasteiger partial charge in [-0.1, -0.05) is 98.8 Å². The average molecular weight is 923 g/mol. The van der Waals surface area contributed by atoms with Crippen LogP contribution in [0.1, 0.15) is 81.7 Å². The summed E-state index contributed by atoms with van der Waals surface area (Å²) in [5.74, 6) is 0.472.